The minimum atomic E-state index is -0.904. The lowest BCUT2D eigenvalue weighted by atomic mass is 9.96. The third-order valence-electron chi connectivity index (χ3n) is 5.60. The van der Waals surface area contributed by atoms with Gasteiger partial charge >= 0.3 is 5.97 Å². The maximum Gasteiger partial charge on any atom is 0.321 e. The summed E-state index contributed by atoms with van der Waals surface area (Å²) in [4.78, 5) is 25.9. The van der Waals surface area contributed by atoms with E-state index in [-0.39, 0.29) is 18.3 Å². The van der Waals surface area contributed by atoms with Crippen molar-refractivity contribution in [1.29, 1.82) is 0 Å². The van der Waals surface area contributed by atoms with Crippen molar-refractivity contribution in [3.05, 3.63) is 70.4 Å². The van der Waals surface area contributed by atoms with Crippen molar-refractivity contribution in [3.63, 3.8) is 0 Å². The molecule has 0 aliphatic heterocycles. The number of ketones is 1. The van der Waals surface area contributed by atoms with Gasteiger partial charge in [-0.25, -0.2) is 0 Å². The van der Waals surface area contributed by atoms with Gasteiger partial charge in [0.25, 0.3) is 0 Å². The molecule has 0 rings (SSSR count). The molecular formula is C32H50O3. The number of hydrogen-bond donors (Lipinski definition) is 0. The van der Waals surface area contributed by atoms with E-state index >= 15 is 0 Å². The van der Waals surface area contributed by atoms with E-state index in [4.69, 9.17) is 4.74 Å². The van der Waals surface area contributed by atoms with Gasteiger partial charge in [0.2, 0.25) is 0 Å². The van der Waals surface area contributed by atoms with Gasteiger partial charge in [0.05, 0.1) is 0 Å². The third kappa shape index (κ3) is 18.6. The van der Waals surface area contributed by atoms with Crippen LogP contribution >= 0.6 is 0 Å². The summed E-state index contributed by atoms with van der Waals surface area (Å²) >= 11 is 0. The molecule has 0 radical (unpaired) electrons. The molecular weight excluding hydrogens is 432 g/mol. The molecule has 2 atom stereocenters. The van der Waals surface area contributed by atoms with Gasteiger partial charge in [-0.2, -0.15) is 0 Å². The summed E-state index contributed by atoms with van der Waals surface area (Å²) in [6.45, 7) is 18.8. The van der Waals surface area contributed by atoms with E-state index in [1.807, 2.05) is 26.0 Å². The van der Waals surface area contributed by atoms with Crippen molar-refractivity contribution >= 4 is 11.8 Å². The van der Waals surface area contributed by atoms with E-state index in [2.05, 4.69) is 66.7 Å². The van der Waals surface area contributed by atoms with Gasteiger partial charge in [0, 0.05) is 0 Å². The molecule has 0 spiro atoms. The van der Waals surface area contributed by atoms with E-state index in [0.29, 0.717) is 0 Å². The average molecular weight is 483 g/mol. The molecule has 0 aliphatic carbocycles. The second-order valence-electron chi connectivity index (χ2n) is 10.4. The van der Waals surface area contributed by atoms with Crippen molar-refractivity contribution in [2.45, 2.75) is 101 Å². The van der Waals surface area contributed by atoms with Crippen LogP contribution in [0.4, 0.5) is 0 Å². The van der Waals surface area contributed by atoms with Crippen LogP contribution in [0.1, 0.15) is 101 Å². The molecule has 0 amide bonds. The first kappa shape index (κ1) is 32.6. The smallest absolute Gasteiger partial charge is 0.321 e. The highest BCUT2D eigenvalue weighted by Crippen LogP contribution is 2.16. The third-order valence-corrected chi connectivity index (χ3v) is 5.60. The predicted molar refractivity (Wildman–Crippen MR) is 151 cm³/mol. The Morgan fingerprint density at radius 3 is 1.74 bits per heavy atom. The highest BCUT2D eigenvalue weighted by Gasteiger charge is 2.24. The highest BCUT2D eigenvalue weighted by molar-refractivity contribution is 6.06. The second kappa shape index (κ2) is 18.9. The Bertz CT molecular complexity index is 834. The van der Waals surface area contributed by atoms with Gasteiger partial charge < -0.3 is 4.74 Å². The first-order valence-electron chi connectivity index (χ1n) is 13.0. The zero-order valence-electron chi connectivity index (χ0n) is 23.9. The minimum Gasteiger partial charge on any atom is -0.461 e. The zero-order valence-corrected chi connectivity index (χ0v) is 23.9. The van der Waals surface area contributed by atoms with Crippen molar-refractivity contribution in [2.75, 3.05) is 6.61 Å². The normalized spacial score (nSPS) is 13.7. The standard InChI is InChI=1S/C32H50O3/c1-24(2)13-10-16-27(7)19-20-30(31(33)23-29(9)18-12-15-26(5)6)32(34)35-22-21-28(8)17-11-14-25(3)4/h13-15,19-21,23,27,30H,10-12,16-18,22H2,1-9H3/b20-19+,28-21+,29-23+. The number of carbonyl (C=O) groups is 2. The molecule has 3 heteroatoms. The summed E-state index contributed by atoms with van der Waals surface area (Å²) in [5, 5.41) is 0. The fourth-order valence-electron chi connectivity index (χ4n) is 3.36. The number of ether oxygens (including phenoxy) is 1. The Hall–Kier alpha value is -2.42. The summed E-state index contributed by atoms with van der Waals surface area (Å²) in [6.07, 6.45) is 19.4. The van der Waals surface area contributed by atoms with E-state index in [9.17, 15) is 9.59 Å². The number of hydrogen-bond acceptors (Lipinski definition) is 3. The molecule has 2 unspecified atom stereocenters. The maximum atomic E-state index is 13.0. The Labute approximate surface area is 215 Å². The molecule has 0 aromatic carbocycles. The molecule has 0 bridgehead atoms. The molecule has 3 nitrogen and oxygen atoms in total. The van der Waals surface area contributed by atoms with Crippen molar-refractivity contribution in [3.8, 4) is 0 Å². The summed E-state index contributed by atoms with van der Waals surface area (Å²) in [5.41, 5.74) is 6.02. The molecule has 0 aliphatic rings. The van der Waals surface area contributed by atoms with Gasteiger partial charge in [-0.15, -0.1) is 0 Å². The zero-order chi connectivity index (χ0) is 26.8. The minimum absolute atomic E-state index is 0.191. The largest absolute Gasteiger partial charge is 0.461 e. The van der Waals surface area contributed by atoms with Crippen LogP contribution in [0.3, 0.4) is 0 Å². The summed E-state index contributed by atoms with van der Waals surface area (Å²) < 4.78 is 5.51. The first-order valence-corrected chi connectivity index (χ1v) is 13.0. The lowest BCUT2D eigenvalue weighted by Crippen LogP contribution is -2.24. The molecule has 0 saturated heterocycles. The molecule has 0 heterocycles. The fourth-order valence-corrected chi connectivity index (χ4v) is 3.36. The maximum absolute atomic E-state index is 13.0. The van der Waals surface area contributed by atoms with Crippen LogP contribution in [0.5, 0.6) is 0 Å². The first-order chi connectivity index (χ1) is 16.4. The van der Waals surface area contributed by atoms with Crippen LogP contribution in [-0.4, -0.2) is 18.4 Å². The van der Waals surface area contributed by atoms with Crippen molar-refractivity contribution in [2.24, 2.45) is 11.8 Å². The summed E-state index contributed by atoms with van der Waals surface area (Å²) in [6, 6.07) is 0. The van der Waals surface area contributed by atoms with Crippen LogP contribution in [0.2, 0.25) is 0 Å². The molecule has 0 aromatic rings. The summed E-state index contributed by atoms with van der Waals surface area (Å²) in [7, 11) is 0. The lowest BCUT2D eigenvalue weighted by molar-refractivity contribution is -0.147. The number of esters is 1. The van der Waals surface area contributed by atoms with Crippen molar-refractivity contribution in [1.82, 2.24) is 0 Å². The summed E-state index contributed by atoms with van der Waals surface area (Å²) in [5.74, 6) is -1.32. The Kier molecular flexibility index (Phi) is 17.5. The number of rotatable bonds is 16. The quantitative estimate of drug-likeness (QED) is 0.0953. The van der Waals surface area contributed by atoms with E-state index in [1.54, 1.807) is 12.2 Å². The van der Waals surface area contributed by atoms with Gasteiger partial charge in [0.1, 0.15) is 12.5 Å². The molecule has 0 saturated carbocycles. The van der Waals surface area contributed by atoms with E-state index in [0.717, 1.165) is 44.1 Å². The lowest BCUT2D eigenvalue weighted by Gasteiger charge is -2.12. The highest BCUT2D eigenvalue weighted by atomic mass is 16.5. The van der Waals surface area contributed by atoms with Gasteiger partial charge in [-0.3, -0.25) is 9.59 Å². The number of carbonyl (C=O) groups excluding carboxylic acids is 2. The Balaban J connectivity index is 5.31. The Morgan fingerprint density at radius 1 is 0.686 bits per heavy atom. The van der Waals surface area contributed by atoms with Gasteiger partial charge in [0.15, 0.2) is 5.78 Å². The van der Waals surface area contributed by atoms with Crippen molar-refractivity contribution < 1.29 is 14.3 Å². The van der Waals surface area contributed by atoms with E-state index in [1.165, 1.54) is 22.3 Å². The van der Waals surface area contributed by atoms with Gasteiger partial charge in [-0.05, 0) is 112 Å². The molecule has 35 heavy (non-hydrogen) atoms. The van der Waals surface area contributed by atoms with Crippen LogP contribution in [-0.2, 0) is 14.3 Å². The van der Waals surface area contributed by atoms with E-state index < -0.39 is 11.9 Å². The molecule has 196 valence electrons. The Morgan fingerprint density at radius 2 is 1.20 bits per heavy atom. The van der Waals surface area contributed by atoms with Gasteiger partial charge in [-0.1, -0.05) is 65.2 Å². The molecule has 0 fully saturated rings. The van der Waals surface area contributed by atoms with Crippen LogP contribution in [0.25, 0.3) is 0 Å². The topological polar surface area (TPSA) is 43.4 Å². The SMILES string of the molecule is CC(C)=CCC/C(C)=C/COC(=O)C(/C=C/C(C)CCC=C(C)C)C(=O)/C=C(\C)CCC=C(C)C. The average Bonchev–Trinajstić information content (AvgIpc) is 2.73. The number of allylic oxidation sites excluding steroid dienone is 10. The predicted octanol–water partition coefficient (Wildman–Crippen LogP) is 9.04. The fraction of sp³-hybridized carbons (Fsp3) is 0.562. The monoisotopic (exact) mass is 482 g/mol. The van der Waals surface area contributed by atoms with Crippen LogP contribution in [0.15, 0.2) is 70.4 Å². The van der Waals surface area contributed by atoms with Crippen LogP contribution < -0.4 is 0 Å². The van der Waals surface area contributed by atoms with Crippen LogP contribution in [0, 0.1) is 11.8 Å². The molecule has 0 aromatic heterocycles. The molecule has 0 N–H and O–H groups in total. The second-order valence-corrected chi connectivity index (χ2v) is 10.4.